The van der Waals surface area contributed by atoms with Crippen molar-refractivity contribution in [2.24, 2.45) is 10.7 Å². The third-order valence-corrected chi connectivity index (χ3v) is 3.62. The molecule has 2 heterocycles. The average Bonchev–Trinajstić information content (AvgIpc) is 2.77. The van der Waals surface area contributed by atoms with Gasteiger partial charge in [0, 0.05) is 17.1 Å². The number of rotatable bonds is 1. The minimum Gasteiger partial charge on any atom is -0.351 e. The maximum absolute atomic E-state index is 10.8. The average molecular weight is 234 g/mol. The fraction of sp³-hybridized carbons (Fsp3) is 0.200. The van der Waals surface area contributed by atoms with E-state index >= 15 is 0 Å². The number of hydrogen-bond acceptors (Lipinski definition) is 4. The molecule has 2 aliphatic rings. The Morgan fingerprint density at radius 2 is 2.44 bits per heavy atom. The van der Waals surface area contributed by atoms with Gasteiger partial charge < -0.3 is 16.0 Å². The minimum absolute atomic E-state index is 0.541. The van der Waals surface area contributed by atoms with Crippen LogP contribution in [0.3, 0.4) is 0 Å². The van der Waals surface area contributed by atoms with Crippen LogP contribution < -0.4 is 16.0 Å². The van der Waals surface area contributed by atoms with Crippen molar-refractivity contribution in [3.05, 3.63) is 18.2 Å². The number of hydrogen-bond donors (Lipinski definition) is 2. The van der Waals surface area contributed by atoms with Crippen molar-refractivity contribution in [3.8, 4) is 0 Å². The number of amidine groups is 1. The quantitative estimate of drug-likeness (QED) is 0.772. The first-order chi connectivity index (χ1) is 7.74. The van der Waals surface area contributed by atoms with Crippen molar-refractivity contribution in [2.45, 2.75) is 4.90 Å². The van der Waals surface area contributed by atoms with Crippen molar-refractivity contribution >= 4 is 34.3 Å². The number of fused-ring (bicyclic) bond motifs is 3. The van der Waals surface area contributed by atoms with E-state index in [1.54, 1.807) is 11.8 Å². The minimum atomic E-state index is -0.541. The van der Waals surface area contributed by atoms with Crippen molar-refractivity contribution in [2.75, 3.05) is 23.3 Å². The van der Waals surface area contributed by atoms with Crippen LogP contribution in [-0.2, 0) is 0 Å². The molecule has 0 saturated heterocycles. The Morgan fingerprint density at radius 1 is 1.56 bits per heavy atom. The SMILES string of the molecule is NC(=O)Nc1ccc2c(c1)N1CCN=C1S2. The Kier molecular flexibility index (Phi) is 2.03. The van der Waals surface area contributed by atoms with Crippen LogP contribution in [0, 0.1) is 0 Å². The van der Waals surface area contributed by atoms with Crippen molar-refractivity contribution in [1.82, 2.24) is 0 Å². The second-order valence-corrected chi connectivity index (χ2v) is 4.60. The topological polar surface area (TPSA) is 70.7 Å². The third-order valence-electron chi connectivity index (χ3n) is 2.52. The van der Waals surface area contributed by atoms with Crippen LogP contribution in [0.1, 0.15) is 0 Å². The maximum atomic E-state index is 10.8. The number of aliphatic imine (C=N–C) groups is 1. The van der Waals surface area contributed by atoms with Gasteiger partial charge in [-0.3, -0.25) is 4.99 Å². The lowest BCUT2D eigenvalue weighted by molar-refractivity contribution is 0.259. The summed E-state index contributed by atoms with van der Waals surface area (Å²) in [7, 11) is 0. The van der Waals surface area contributed by atoms with Gasteiger partial charge in [0.25, 0.3) is 0 Å². The summed E-state index contributed by atoms with van der Waals surface area (Å²) in [6.07, 6.45) is 0. The zero-order valence-corrected chi connectivity index (χ0v) is 9.25. The van der Waals surface area contributed by atoms with Crippen LogP contribution in [0.2, 0.25) is 0 Å². The molecule has 82 valence electrons. The number of nitrogens with two attached hydrogens (primary N) is 1. The molecule has 3 N–H and O–H groups in total. The molecule has 3 rings (SSSR count). The standard InChI is InChI=1S/C10H10N4OS/c11-9(15)13-6-1-2-8-7(5-6)14-4-3-12-10(14)16-8/h1-2,5H,3-4H2,(H3,11,13,15). The molecule has 5 nitrogen and oxygen atoms in total. The molecule has 0 saturated carbocycles. The Balaban J connectivity index is 1.97. The molecule has 1 aromatic rings. The van der Waals surface area contributed by atoms with E-state index in [1.165, 1.54) is 4.90 Å². The molecular formula is C10H10N4OS. The first-order valence-electron chi connectivity index (χ1n) is 4.94. The van der Waals surface area contributed by atoms with E-state index < -0.39 is 6.03 Å². The number of carbonyl (C=O) groups is 1. The van der Waals surface area contributed by atoms with Crippen LogP contribution >= 0.6 is 11.8 Å². The van der Waals surface area contributed by atoms with Crippen LogP contribution in [0.15, 0.2) is 28.1 Å². The van der Waals surface area contributed by atoms with E-state index in [4.69, 9.17) is 5.73 Å². The summed E-state index contributed by atoms with van der Waals surface area (Å²) in [6.45, 7) is 1.75. The van der Waals surface area contributed by atoms with Gasteiger partial charge in [0.1, 0.15) is 0 Å². The zero-order valence-electron chi connectivity index (χ0n) is 8.43. The molecule has 0 unspecified atom stereocenters. The third kappa shape index (κ3) is 1.42. The Labute approximate surface area is 96.7 Å². The van der Waals surface area contributed by atoms with E-state index in [1.807, 2.05) is 18.2 Å². The van der Waals surface area contributed by atoms with Gasteiger partial charge in [0.15, 0.2) is 5.17 Å². The number of primary amides is 1. The largest absolute Gasteiger partial charge is 0.351 e. The first kappa shape index (κ1) is 9.53. The smallest absolute Gasteiger partial charge is 0.316 e. The molecule has 2 amide bonds. The number of urea groups is 1. The summed E-state index contributed by atoms with van der Waals surface area (Å²) in [6, 6.07) is 5.22. The van der Waals surface area contributed by atoms with Crippen molar-refractivity contribution in [1.29, 1.82) is 0 Å². The normalized spacial score (nSPS) is 16.8. The molecule has 0 atom stereocenters. The van der Waals surface area contributed by atoms with Crippen LogP contribution in [-0.4, -0.2) is 24.3 Å². The summed E-state index contributed by atoms with van der Waals surface area (Å²) >= 11 is 1.67. The summed E-state index contributed by atoms with van der Waals surface area (Å²) in [5.74, 6) is 0. The fourth-order valence-electron chi connectivity index (χ4n) is 1.87. The van der Waals surface area contributed by atoms with Gasteiger partial charge in [0.2, 0.25) is 0 Å². The molecule has 0 aromatic heterocycles. The molecule has 0 spiro atoms. The fourth-order valence-corrected chi connectivity index (χ4v) is 2.93. The molecule has 2 aliphatic heterocycles. The highest BCUT2D eigenvalue weighted by Crippen LogP contribution is 2.42. The zero-order chi connectivity index (χ0) is 11.1. The van der Waals surface area contributed by atoms with E-state index in [-0.39, 0.29) is 0 Å². The predicted molar refractivity (Wildman–Crippen MR) is 65.2 cm³/mol. The molecule has 0 radical (unpaired) electrons. The highest BCUT2D eigenvalue weighted by atomic mass is 32.2. The lowest BCUT2D eigenvalue weighted by atomic mass is 10.2. The first-order valence-corrected chi connectivity index (χ1v) is 5.76. The predicted octanol–water partition coefficient (Wildman–Crippen LogP) is 1.46. The second kappa shape index (κ2) is 3.41. The molecule has 16 heavy (non-hydrogen) atoms. The van der Waals surface area contributed by atoms with Crippen molar-refractivity contribution in [3.63, 3.8) is 0 Å². The monoisotopic (exact) mass is 234 g/mol. The molecule has 0 bridgehead atoms. The summed E-state index contributed by atoms with van der Waals surface area (Å²) in [4.78, 5) is 18.5. The lowest BCUT2D eigenvalue weighted by Gasteiger charge is -2.13. The van der Waals surface area contributed by atoms with Crippen LogP contribution in [0.5, 0.6) is 0 Å². The maximum Gasteiger partial charge on any atom is 0.316 e. The van der Waals surface area contributed by atoms with Gasteiger partial charge in [-0.1, -0.05) is 0 Å². The molecule has 1 aromatic carbocycles. The Morgan fingerprint density at radius 3 is 3.25 bits per heavy atom. The summed E-state index contributed by atoms with van der Waals surface area (Å²) < 4.78 is 0. The number of benzene rings is 1. The van der Waals surface area contributed by atoms with Gasteiger partial charge >= 0.3 is 6.03 Å². The summed E-state index contributed by atoms with van der Waals surface area (Å²) in [5, 5.41) is 3.62. The molecule has 6 heteroatoms. The number of thioether (sulfide) groups is 1. The summed E-state index contributed by atoms with van der Waals surface area (Å²) in [5.41, 5.74) is 6.91. The number of carbonyl (C=O) groups excluding carboxylic acids is 1. The Bertz CT molecular complexity index is 500. The Hall–Kier alpha value is -1.69. The van der Waals surface area contributed by atoms with E-state index in [2.05, 4.69) is 15.2 Å². The molecule has 0 aliphatic carbocycles. The van der Waals surface area contributed by atoms with Crippen molar-refractivity contribution < 1.29 is 4.79 Å². The number of amides is 2. The van der Waals surface area contributed by atoms with Gasteiger partial charge in [-0.05, 0) is 30.0 Å². The van der Waals surface area contributed by atoms with Gasteiger partial charge in [0.05, 0.1) is 12.2 Å². The van der Waals surface area contributed by atoms with Gasteiger partial charge in [-0.2, -0.15) is 0 Å². The second-order valence-electron chi connectivity index (χ2n) is 3.59. The van der Waals surface area contributed by atoms with Crippen LogP contribution in [0.25, 0.3) is 0 Å². The van der Waals surface area contributed by atoms with Gasteiger partial charge in [-0.25, -0.2) is 4.79 Å². The highest BCUT2D eigenvalue weighted by molar-refractivity contribution is 8.14. The van der Waals surface area contributed by atoms with Gasteiger partial charge in [-0.15, -0.1) is 0 Å². The number of nitrogens with zero attached hydrogens (tertiary/aromatic N) is 2. The molecule has 0 fully saturated rings. The lowest BCUT2D eigenvalue weighted by Crippen LogP contribution is -2.22. The van der Waals surface area contributed by atoms with E-state index in [0.717, 1.165) is 29.6 Å². The van der Waals surface area contributed by atoms with E-state index in [9.17, 15) is 4.79 Å². The highest BCUT2D eigenvalue weighted by Gasteiger charge is 2.29. The number of anilines is 2. The van der Waals surface area contributed by atoms with Crippen LogP contribution in [0.4, 0.5) is 16.2 Å². The molecular weight excluding hydrogens is 224 g/mol. The van der Waals surface area contributed by atoms with E-state index in [0.29, 0.717) is 0 Å². The number of nitrogens with one attached hydrogen (secondary N) is 1.